The standard InChI is InChI=1S/C12H18N6O/c1-3-4-18-8-9(7-15-18)6-14-11-5-10(12(13)19)17(2)16-11/h5,7-8H,3-4,6H2,1-2H3,(H2,13,19)(H,14,16). The van der Waals surface area contributed by atoms with Gasteiger partial charge in [0.1, 0.15) is 11.5 Å². The molecule has 0 saturated heterocycles. The average Bonchev–Trinajstić information content (AvgIpc) is 2.94. The van der Waals surface area contributed by atoms with Crippen LogP contribution >= 0.6 is 0 Å². The zero-order valence-corrected chi connectivity index (χ0v) is 11.1. The Hall–Kier alpha value is -2.31. The largest absolute Gasteiger partial charge is 0.364 e. The highest BCUT2D eigenvalue weighted by Crippen LogP contribution is 2.09. The highest BCUT2D eigenvalue weighted by Gasteiger charge is 2.09. The SMILES string of the molecule is CCCn1cc(CNc2cc(C(N)=O)n(C)n2)cn1. The van der Waals surface area contributed by atoms with Crippen molar-refractivity contribution >= 4 is 11.7 Å². The van der Waals surface area contributed by atoms with E-state index in [1.54, 1.807) is 13.1 Å². The Kier molecular flexibility index (Phi) is 3.84. The van der Waals surface area contributed by atoms with E-state index in [-0.39, 0.29) is 0 Å². The quantitative estimate of drug-likeness (QED) is 0.803. The van der Waals surface area contributed by atoms with Crippen LogP contribution in [0.5, 0.6) is 0 Å². The molecule has 2 rings (SSSR count). The minimum atomic E-state index is -0.487. The maximum Gasteiger partial charge on any atom is 0.267 e. The van der Waals surface area contributed by atoms with Crippen molar-refractivity contribution in [1.29, 1.82) is 0 Å². The number of hydrogen-bond acceptors (Lipinski definition) is 4. The zero-order valence-electron chi connectivity index (χ0n) is 11.1. The van der Waals surface area contributed by atoms with Crippen molar-refractivity contribution in [2.75, 3.05) is 5.32 Å². The topological polar surface area (TPSA) is 90.8 Å². The molecule has 0 spiro atoms. The first-order valence-corrected chi connectivity index (χ1v) is 6.19. The van der Waals surface area contributed by atoms with E-state index in [0.717, 1.165) is 18.5 Å². The monoisotopic (exact) mass is 262 g/mol. The second kappa shape index (κ2) is 5.55. The molecule has 2 heterocycles. The third-order valence-electron chi connectivity index (χ3n) is 2.75. The van der Waals surface area contributed by atoms with Gasteiger partial charge in [-0.15, -0.1) is 0 Å². The summed E-state index contributed by atoms with van der Waals surface area (Å²) in [6, 6.07) is 1.64. The van der Waals surface area contributed by atoms with E-state index in [4.69, 9.17) is 5.73 Å². The Morgan fingerprint density at radius 2 is 2.32 bits per heavy atom. The first-order chi connectivity index (χ1) is 9.10. The van der Waals surface area contributed by atoms with Gasteiger partial charge < -0.3 is 11.1 Å². The fourth-order valence-corrected chi connectivity index (χ4v) is 1.83. The molecule has 0 aliphatic carbocycles. The molecule has 0 aromatic carbocycles. The minimum Gasteiger partial charge on any atom is -0.364 e. The van der Waals surface area contributed by atoms with Gasteiger partial charge in [0.2, 0.25) is 0 Å². The molecular formula is C12H18N6O. The lowest BCUT2D eigenvalue weighted by Gasteiger charge is -1.99. The van der Waals surface area contributed by atoms with Crippen molar-refractivity contribution in [2.45, 2.75) is 26.4 Å². The van der Waals surface area contributed by atoms with Gasteiger partial charge in [-0.3, -0.25) is 14.2 Å². The first kappa shape index (κ1) is 13.1. The highest BCUT2D eigenvalue weighted by molar-refractivity contribution is 5.91. The first-order valence-electron chi connectivity index (χ1n) is 6.19. The van der Waals surface area contributed by atoms with E-state index in [2.05, 4.69) is 22.4 Å². The van der Waals surface area contributed by atoms with Crippen molar-refractivity contribution in [2.24, 2.45) is 12.8 Å². The third-order valence-corrected chi connectivity index (χ3v) is 2.75. The van der Waals surface area contributed by atoms with Gasteiger partial charge in [0.05, 0.1) is 6.20 Å². The van der Waals surface area contributed by atoms with Gasteiger partial charge in [-0.25, -0.2) is 0 Å². The number of aromatic nitrogens is 4. The molecule has 102 valence electrons. The smallest absolute Gasteiger partial charge is 0.267 e. The average molecular weight is 262 g/mol. The van der Waals surface area contributed by atoms with E-state index in [1.807, 2.05) is 17.1 Å². The van der Waals surface area contributed by atoms with Crippen LogP contribution in [-0.4, -0.2) is 25.5 Å². The number of nitrogens with zero attached hydrogens (tertiary/aromatic N) is 4. The molecule has 0 atom stereocenters. The number of nitrogens with one attached hydrogen (secondary N) is 1. The summed E-state index contributed by atoms with van der Waals surface area (Å²) in [5, 5.41) is 11.6. The maximum absolute atomic E-state index is 11.1. The van der Waals surface area contributed by atoms with E-state index >= 15 is 0 Å². The molecule has 0 saturated carbocycles. The van der Waals surface area contributed by atoms with E-state index in [0.29, 0.717) is 18.1 Å². The highest BCUT2D eigenvalue weighted by atomic mass is 16.1. The summed E-state index contributed by atoms with van der Waals surface area (Å²) >= 11 is 0. The fourth-order valence-electron chi connectivity index (χ4n) is 1.83. The molecule has 0 aliphatic rings. The van der Waals surface area contributed by atoms with Gasteiger partial charge in [0.15, 0.2) is 0 Å². The minimum absolute atomic E-state index is 0.379. The van der Waals surface area contributed by atoms with Crippen LogP contribution in [-0.2, 0) is 20.1 Å². The van der Waals surface area contributed by atoms with Crippen molar-refractivity contribution < 1.29 is 4.79 Å². The number of hydrogen-bond donors (Lipinski definition) is 2. The molecule has 19 heavy (non-hydrogen) atoms. The molecular weight excluding hydrogens is 244 g/mol. The van der Waals surface area contributed by atoms with Gasteiger partial charge >= 0.3 is 0 Å². The second-order valence-corrected chi connectivity index (χ2v) is 4.37. The van der Waals surface area contributed by atoms with Crippen LogP contribution < -0.4 is 11.1 Å². The summed E-state index contributed by atoms with van der Waals surface area (Å²) in [5.41, 5.74) is 6.68. The lowest BCUT2D eigenvalue weighted by atomic mass is 10.3. The van der Waals surface area contributed by atoms with E-state index in [9.17, 15) is 4.79 Å². The maximum atomic E-state index is 11.1. The molecule has 7 nitrogen and oxygen atoms in total. The van der Waals surface area contributed by atoms with Gasteiger partial charge in [0, 0.05) is 38.0 Å². The second-order valence-electron chi connectivity index (χ2n) is 4.37. The Balaban J connectivity index is 1.98. The van der Waals surface area contributed by atoms with E-state index in [1.165, 1.54) is 4.68 Å². The number of carbonyl (C=O) groups is 1. The Morgan fingerprint density at radius 3 is 2.95 bits per heavy atom. The predicted molar refractivity (Wildman–Crippen MR) is 71.6 cm³/mol. The van der Waals surface area contributed by atoms with Crippen molar-refractivity contribution in [3.8, 4) is 0 Å². The van der Waals surface area contributed by atoms with Crippen LogP contribution in [0.25, 0.3) is 0 Å². The predicted octanol–water partition coefficient (Wildman–Crippen LogP) is 0.738. The van der Waals surface area contributed by atoms with Gasteiger partial charge in [0.25, 0.3) is 5.91 Å². The number of aryl methyl sites for hydroxylation is 2. The molecule has 0 radical (unpaired) electrons. The van der Waals surface area contributed by atoms with Crippen LogP contribution in [0.2, 0.25) is 0 Å². The molecule has 3 N–H and O–H groups in total. The molecule has 7 heteroatoms. The molecule has 2 aromatic heterocycles. The van der Waals surface area contributed by atoms with Crippen LogP contribution in [0.3, 0.4) is 0 Å². The molecule has 0 fully saturated rings. The zero-order chi connectivity index (χ0) is 13.8. The van der Waals surface area contributed by atoms with Gasteiger partial charge in [-0.05, 0) is 6.42 Å². The van der Waals surface area contributed by atoms with Crippen LogP contribution in [0.4, 0.5) is 5.82 Å². The Labute approximate surface area is 111 Å². The number of anilines is 1. The number of amides is 1. The summed E-state index contributed by atoms with van der Waals surface area (Å²) < 4.78 is 3.37. The number of carbonyl (C=O) groups excluding carboxylic acids is 1. The van der Waals surface area contributed by atoms with Crippen molar-refractivity contribution in [1.82, 2.24) is 19.6 Å². The third kappa shape index (κ3) is 3.12. The molecule has 0 aliphatic heterocycles. The van der Waals surface area contributed by atoms with Gasteiger partial charge in [-0.1, -0.05) is 6.92 Å². The number of primary amides is 1. The van der Waals surface area contributed by atoms with Gasteiger partial charge in [-0.2, -0.15) is 10.2 Å². The summed E-state index contributed by atoms with van der Waals surface area (Å²) in [6.07, 6.45) is 4.87. The summed E-state index contributed by atoms with van der Waals surface area (Å²) in [4.78, 5) is 11.1. The number of nitrogens with two attached hydrogens (primary N) is 1. The lowest BCUT2D eigenvalue weighted by Crippen LogP contribution is -2.15. The summed E-state index contributed by atoms with van der Waals surface area (Å²) in [6.45, 7) is 3.63. The summed E-state index contributed by atoms with van der Waals surface area (Å²) in [5.74, 6) is 0.137. The number of rotatable bonds is 6. The molecule has 2 aromatic rings. The van der Waals surface area contributed by atoms with Crippen LogP contribution in [0.1, 0.15) is 29.4 Å². The normalized spacial score (nSPS) is 10.6. The van der Waals surface area contributed by atoms with Crippen LogP contribution in [0, 0.1) is 0 Å². The Bertz CT molecular complexity index is 571. The molecule has 0 bridgehead atoms. The van der Waals surface area contributed by atoms with E-state index < -0.39 is 5.91 Å². The molecule has 1 amide bonds. The van der Waals surface area contributed by atoms with Crippen molar-refractivity contribution in [3.63, 3.8) is 0 Å². The Morgan fingerprint density at radius 1 is 1.53 bits per heavy atom. The lowest BCUT2D eigenvalue weighted by molar-refractivity contribution is 0.0991. The molecule has 0 unspecified atom stereocenters. The van der Waals surface area contributed by atoms with Crippen molar-refractivity contribution in [3.05, 3.63) is 29.7 Å². The summed E-state index contributed by atoms with van der Waals surface area (Å²) in [7, 11) is 1.69. The fraction of sp³-hybridized carbons (Fsp3) is 0.417. The van der Waals surface area contributed by atoms with Crippen LogP contribution in [0.15, 0.2) is 18.5 Å².